The number of aliphatic hydroxyl groups excluding tert-OH is 1. The summed E-state index contributed by atoms with van der Waals surface area (Å²) in [6, 6.07) is 0. The first-order valence-corrected chi connectivity index (χ1v) is 8.53. The predicted octanol–water partition coefficient (Wildman–Crippen LogP) is 3.03. The second-order valence-corrected chi connectivity index (χ2v) is 6.97. The van der Waals surface area contributed by atoms with Crippen molar-refractivity contribution in [3.05, 3.63) is 12.2 Å². The molecule has 4 heteroatoms. The number of aliphatic hydroxyl groups is 1. The van der Waals surface area contributed by atoms with Crippen molar-refractivity contribution in [3.8, 4) is 0 Å². The van der Waals surface area contributed by atoms with Crippen LogP contribution in [0.25, 0.3) is 0 Å². The number of carbonyl (C=O) groups is 2. The van der Waals surface area contributed by atoms with E-state index in [1.54, 1.807) is 6.92 Å². The molecule has 0 aromatic carbocycles. The van der Waals surface area contributed by atoms with Crippen molar-refractivity contribution < 1.29 is 19.4 Å². The third kappa shape index (κ3) is 4.42. The molecule has 2 aliphatic carbocycles. The number of hydrogen-bond donors (Lipinski definition) is 1. The molecule has 2 fully saturated rings. The van der Waals surface area contributed by atoms with E-state index >= 15 is 0 Å². The molecule has 0 aromatic rings. The molecule has 0 heterocycles. The second kappa shape index (κ2) is 7.91. The van der Waals surface area contributed by atoms with E-state index < -0.39 is 6.10 Å². The Kier molecular flexibility index (Phi) is 6.18. The van der Waals surface area contributed by atoms with Crippen LogP contribution < -0.4 is 0 Å². The lowest BCUT2D eigenvalue weighted by atomic mass is 9.73. The van der Waals surface area contributed by atoms with Crippen LogP contribution in [0.1, 0.15) is 58.3 Å². The molecule has 0 spiro atoms. The van der Waals surface area contributed by atoms with Gasteiger partial charge in [-0.15, -0.1) is 0 Å². The highest BCUT2D eigenvalue weighted by Gasteiger charge is 2.36. The van der Waals surface area contributed by atoms with Gasteiger partial charge < -0.3 is 9.84 Å². The Morgan fingerprint density at radius 1 is 1.14 bits per heavy atom. The van der Waals surface area contributed by atoms with Crippen molar-refractivity contribution in [2.75, 3.05) is 6.61 Å². The molecule has 0 bridgehead atoms. The van der Waals surface area contributed by atoms with E-state index in [-0.39, 0.29) is 29.5 Å². The van der Waals surface area contributed by atoms with E-state index in [0.29, 0.717) is 12.2 Å². The Bertz CT molecular complexity index is 429. The van der Waals surface area contributed by atoms with E-state index in [1.807, 2.05) is 0 Å². The van der Waals surface area contributed by atoms with Gasteiger partial charge in [-0.25, -0.2) is 4.79 Å². The third-order valence-corrected chi connectivity index (χ3v) is 5.08. The lowest BCUT2D eigenvalue weighted by Gasteiger charge is -2.33. The fraction of sp³-hybridized carbons (Fsp3) is 0.778. The molecule has 0 aliphatic heterocycles. The van der Waals surface area contributed by atoms with E-state index in [1.165, 1.54) is 0 Å². The van der Waals surface area contributed by atoms with Gasteiger partial charge in [0, 0.05) is 17.4 Å². The average molecular weight is 308 g/mol. The summed E-state index contributed by atoms with van der Waals surface area (Å²) in [5.41, 5.74) is 0.411. The summed E-state index contributed by atoms with van der Waals surface area (Å²) in [6.45, 7) is 5.59. The van der Waals surface area contributed by atoms with Gasteiger partial charge in [-0.1, -0.05) is 25.8 Å². The summed E-state index contributed by atoms with van der Waals surface area (Å²) in [4.78, 5) is 24.1. The van der Waals surface area contributed by atoms with Gasteiger partial charge in [-0.2, -0.15) is 0 Å². The van der Waals surface area contributed by atoms with Gasteiger partial charge >= 0.3 is 5.97 Å². The molecule has 1 N–H and O–H groups in total. The largest absolute Gasteiger partial charge is 0.462 e. The van der Waals surface area contributed by atoms with Crippen molar-refractivity contribution in [3.63, 3.8) is 0 Å². The highest BCUT2D eigenvalue weighted by atomic mass is 16.5. The minimum atomic E-state index is -0.456. The topological polar surface area (TPSA) is 63.6 Å². The summed E-state index contributed by atoms with van der Waals surface area (Å²) in [5, 5.41) is 10.1. The fourth-order valence-corrected chi connectivity index (χ4v) is 3.76. The molecule has 0 amide bonds. The molecular formula is C18H28O4. The maximum absolute atomic E-state index is 12.7. The van der Waals surface area contributed by atoms with Crippen molar-refractivity contribution in [2.24, 2.45) is 17.8 Å². The van der Waals surface area contributed by atoms with Gasteiger partial charge in [0.15, 0.2) is 0 Å². The van der Waals surface area contributed by atoms with Crippen molar-refractivity contribution in [1.82, 2.24) is 0 Å². The van der Waals surface area contributed by atoms with Gasteiger partial charge in [0.05, 0.1) is 12.7 Å². The molecule has 4 atom stereocenters. The van der Waals surface area contributed by atoms with Gasteiger partial charge in [-0.3, -0.25) is 4.79 Å². The first-order chi connectivity index (χ1) is 10.5. The summed E-state index contributed by atoms with van der Waals surface area (Å²) in [7, 11) is 0. The number of ketones is 1. The summed E-state index contributed by atoms with van der Waals surface area (Å²) >= 11 is 0. The minimum Gasteiger partial charge on any atom is -0.462 e. The number of Topliss-reactive ketones (excluding diaryl/α,β-unsaturated/α-hetero) is 1. The van der Waals surface area contributed by atoms with Crippen LogP contribution in [0.3, 0.4) is 0 Å². The van der Waals surface area contributed by atoms with E-state index in [9.17, 15) is 14.7 Å². The first-order valence-electron chi connectivity index (χ1n) is 8.53. The van der Waals surface area contributed by atoms with Gasteiger partial charge in [-0.05, 0) is 44.9 Å². The number of hydrogen-bond acceptors (Lipinski definition) is 4. The minimum absolute atomic E-state index is 0.0278. The van der Waals surface area contributed by atoms with Crippen LogP contribution in [-0.2, 0) is 14.3 Å². The van der Waals surface area contributed by atoms with Crippen LogP contribution in [0, 0.1) is 17.8 Å². The number of ether oxygens (including phenoxy) is 1. The zero-order chi connectivity index (χ0) is 16.1. The van der Waals surface area contributed by atoms with Crippen LogP contribution in [0.5, 0.6) is 0 Å². The third-order valence-electron chi connectivity index (χ3n) is 5.08. The number of rotatable bonds is 5. The predicted molar refractivity (Wildman–Crippen MR) is 84.2 cm³/mol. The molecule has 124 valence electrons. The second-order valence-electron chi connectivity index (χ2n) is 6.97. The van der Waals surface area contributed by atoms with Crippen LogP contribution >= 0.6 is 0 Å². The molecule has 4 unspecified atom stereocenters. The first kappa shape index (κ1) is 17.2. The van der Waals surface area contributed by atoms with Crippen molar-refractivity contribution in [1.29, 1.82) is 0 Å². The van der Waals surface area contributed by atoms with Crippen LogP contribution in [0.4, 0.5) is 0 Å². The molecule has 0 saturated heterocycles. The Hall–Kier alpha value is -1.16. The Morgan fingerprint density at radius 3 is 2.55 bits per heavy atom. The normalized spacial score (nSPS) is 32.3. The maximum atomic E-state index is 12.7. The zero-order valence-corrected chi connectivity index (χ0v) is 13.6. The van der Waals surface area contributed by atoms with Crippen LogP contribution in [0.15, 0.2) is 12.2 Å². The Labute approximate surface area is 132 Å². The molecular weight excluding hydrogens is 280 g/mol. The van der Waals surface area contributed by atoms with E-state index in [4.69, 9.17) is 4.74 Å². The van der Waals surface area contributed by atoms with Crippen molar-refractivity contribution in [2.45, 2.75) is 64.4 Å². The Balaban J connectivity index is 1.85. The van der Waals surface area contributed by atoms with Crippen molar-refractivity contribution >= 4 is 11.8 Å². The molecule has 4 nitrogen and oxygen atoms in total. The monoisotopic (exact) mass is 308 g/mol. The van der Waals surface area contributed by atoms with Crippen LogP contribution in [-0.4, -0.2) is 29.6 Å². The van der Waals surface area contributed by atoms with E-state index in [2.05, 4.69) is 6.58 Å². The maximum Gasteiger partial charge on any atom is 0.333 e. The van der Waals surface area contributed by atoms with Gasteiger partial charge in [0.25, 0.3) is 0 Å². The summed E-state index contributed by atoms with van der Waals surface area (Å²) in [5.74, 6) is 0.00140. The number of esters is 1. The quantitative estimate of drug-likeness (QED) is 0.626. The lowest BCUT2D eigenvalue weighted by molar-refractivity contribution is -0.141. The highest BCUT2D eigenvalue weighted by Crippen LogP contribution is 2.35. The lowest BCUT2D eigenvalue weighted by Crippen LogP contribution is -2.37. The fourth-order valence-electron chi connectivity index (χ4n) is 3.76. The molecule has 22 heavy (non-hydrogen) atoms. The average Bonchev–Trinajstić information content (AvgIpc) is 2.52. The summed E-state index contributed by atoms with van der Waals surface area (Å²) in [6.07, 6.45) is 6.87. The van der Waals surface area contributed by atoms with Gasteiger partial charge in [0.1, 0.15) is 5.78 Å². The smallest absolute Gasteiger partial charge is 0.333 e. The molecule has 2 aliphatic rings. The SMILES string of the molecule is C=C(C)C(=O)OCC1CCCC(C(=O)C2CCCCC2O)C1. The summed E-state index contributed by atoms with van der Waals surface area (Å²) < 4.78 is 5.24. The van der Waals surface area contributed by atoms with Crippen LogP contribution in [0.2, 0.25) is 0 Å². The standard InChI is InChI=1S/C18H28O4/c1-12(2)18(21)22-11-13-6-5-7-14(10-13)17(20)15-8-3-4-9-16(15)19/h13-16,19H,1,3-11H2,2H3. The molecule has 0 radical (unpaired) electrons. The molecule has 0 aromatic heterocycles. The zero-order valence-electron chi connectivity index (χ0n) is 13.6. The molecule has 2 saturated carbocycles. The highest BCUT2D eigenvalue weighted by molar-refractivity contribution is 5.87. The van der Waals surface area contributed by atoms with Gasteiger partial charge in [0.2, 0.25) is 0 Å². The molecule has 2 rings (SSSR count). The number of carbonyl (C=O) groups excluding carboxylic acids is 2. The Morgan fingerprint density at radius 2 is 1.86 bits per heavy atom. The van der Waals surface area contributed by atoms with E-state index in [0.717, 1.165) is 51.4 Å².